The summed E-state index contributed by atoms with van der Waals surface area (Å²) in [6, 6.07) is 10.5. The summed E-state index contributed by atoms with van der Waals surface area (Å²) in [6.45, 7) is 7.40. The highest BCUT2D eigenvalue weighted by atomic mass is 16.1. The second kappa shape index (κ2) is 8.85. The second-order valence-corrected chi connectivity index (χ2v) is 8.05. The van der Waals surface area contributed by atoms with Crippen molar-refractivity contribution in [2.45, 2.75) is 58.5 Å². The third-order valence-electron chi connectivity index (χ3n) is 6.27. The quantitative estimate of drug-likeness (QED) is 0.802. The molecule has 0 spiro atoms. The zero-order valence-electron chi connectivity index (χ0n) is 17.7. The molecule has 1 N–H and O–H groups in total. The summed E-state index contributed by atoms with van der Waals surface area (Å²) in [5, 5.41) is 3.32. The number of rotatable bonds is 6. The van der Waals surface area contributed by atoms with Crippen molar-refractivity contribution in [3.8, 4) is 0 Å². The number of amides is 1. The fourth-order valence-corrected chi connectivity index (χ4v) is 4.69. The molecule has 4 rings (SSSR count). The lowest BCUT2D eigenvalue weighted by Gasteiger charge is -2.28. The van der Waals surface area contributed by atoms with E-state index in [-0.39, 0.29) is 12.1 Å². The van der Waals surface area contributed by atoms with E-state index >= 15 is 0 Å². The van der Waals surface area contributed by atoms with Crippen molar-refractivity contribution >= 4 is 17.4 Å². The van der Waals surface area contributed by atoms with Crippen molar-refractivity contribution in [3.63, 3.8) is 0 Å². The molecular weight excluding hydrogens is 360 g/mol. The van der Waals surface area contributed by atoms with Crippen LogP contribution in [0.15, 0.2) is 36.5 Å². The van der Waals surface area contributed by atoms with Gasteiger partial charge in [-0.05, 0) is 55.7 Å². The predicted octanol–water partition coefficient (Wildman–Crippen LogP) is 4.16. The van der Waals surface area contributed by atoms with Crippen molar-refractivity contribution in [1.29, 1.82) is 0 Å². The summed E-state index contributed by atoms with van der Waals surface area (Å²) >= 11 is 0. The van der Waals surface area contributed by atoms with Crippen LogP contribution < -0.4 is 15.1 Å². The maximum Gasteiger partial charge on any atom is 0.253 e. The first-order valence-electron chi connectivity index (χ1n) is 11.1. The molecule has 5 nitrogen and oxygen atoms in total. The number of pyridine rings is 1. The van der Waals surface area contributed by atoms with Gasteiger partial charge in [0.2, 0.25) is 0 Å². The molecule has 1 unspecified atom stereocenters. The third kappa shape index (κ3) is 4.09. The van der Waals surface area contributed by atoms with Crippen molar-refractivity contribution in [2.24, 2.45) is 0 Å². The van der Waals surface area contributed by atoms with Gasteiger partial charge in [-0.15, -0.1) is 0 Å². The summed E-state index contributed by atoms with van der Waals surface area (Å²) in [5.74, 6) is 1.02. The van der Waals surface area contributed by atoms with Crippen LogP contribution in [0.3, 0.4) is 0 Å². The van der Waals surface area contributed by atoms with E-state index in [9.17, 15) is 4.79 Å². The largest absolute Gasteiger partial charge is 0.371 e. The Hall–Kier alpha value is -2.56. The molecule has 1 aromatic heterocycles. The fraction of sp³-hybridized carbons (Fsp3) is 0.500. The van der Waals surface area contributed by atoms with E-state index in [1.165, 1.54) is 18.5 Å². The van der Waals surface area contributed by atoms with Crippen LogP contribution in [0, 0.1) is 0 Å². The minimum atomic E-state index is -0.00144. The van der Waals surface area contributed by atoms with Gasteiger partial charge >= 0.3 is 0 Å². The molecule has 154 valence electrons. The van der Waals surface area contributed by atoms with Crippen LogP contribution in [0.5, 0.6) is 0 Å². The molecule has 2 aliphatic heterocycles. The highest BCUT2D eigenvalue weighted by Crippen LogP contribution is 2.28. The Balaban J connectivity index is 1.54. The highest BCUT2D eigenvalue weighted by Gasteiger charge is 2.29. The standard InChI is InChI=1S/C24H32N4O/c1-3-18-9-7-10-19(4-2)23(18)24(29)26-21-11-8-16-28(21)22-17-20(12-13-25-22)27-14-5-6-15-27/h7,9-10,12-13,17,21H,3-6,8,11,14-16H2,1-2H3,(H,26,29). The van der Waals surface area contributed by atoms with E-state index in [0.717, 1.165) is 67.8 Å². The summed E-state index contributed by atoms with van der Waals surface area (Å²) in [6.07, 6.45) is 8.18. The Morgan fingerprint density at radius 2 is 1.79 bits per heavy atom. The van der Waals surface area contributed by atoms with Crippen LogP contribution in [-0.2, 0) is 12.8 Å². The number of anilines is 2. The maximum atomic E-state index is 13.2. The minimum Gasteiger partial charge on any atom is -0.371 e. The summed E-state index contributed by atoms with van der Waals surface area (Å²) in [7, 11) is 0. The number of aryl methyl sites for hydroxylation is 2. The number of nitrogens with one attached hydrogen (secondary N) is 1. The predicted molar refractivity (Wildman–Crippen MR) is 119 cm³/mol. The number of hydrogen-bond acceptors (Lipinski definition) is 4. The van der Waals surface area contributed by atoms with E-state index in [2.05, 4.69) is 64.3 Å². The summed E-state index contributed by atoms with van der Waals surface area (Å²) < 4.78 is 0. The molecule has 0 radical (unpaired) electrons. The molecule has 2 aliphatic rings. The normalized spacial score (nSPS) is 19.0. The van der Waals surface area contributed by atoms with Gasteiger partial charge in [0, 0.05) is 43.1 Å². The van der Waals surface area contributed by atoms with Crippen molar-refractivity contribution in [2.75, 3.05) is 29.4 Å². The van der Waals surface area contributed by atoms with Gasteiger partial charge in [-0.3, -0.25) is 4.79 Å². The monoisotopic (exact) mass is 392 g/mol. The molecule has 0 bridgehead atoms. The van der Waals surface area contributed by atoms with Crippen molar-refractivity contribution in [1.82, 2.24) is 10.3 Å². The van der Waals surface area contributed by atoms with E-state index in [0.29, 0.717) is 0 Å². The summed E-state index contributed by atoms with van der Waals surface area (Å²) in [4.78, 5) is 22.6. The third-order valence-corrected chi connectivity index (χ3v) is 6.27. The molecule has 3 heterocycles. The smallest absolute Gasteiger partial charge is 0.253 e. The zero-order chi connectivity index (χ0) is 20.2. The molecule has 0 aliphatic carbocycles. The zero-order valence-corrected chi connectivity index (χ0v) is 17.7. The van der Waals surface area contributed by atoms with Crippen LogP contribution in [0.4, 0.5) is 11.5 Å². The highest BCUT2D eigenvalue weighted by molar-refractivity contribution is 5.97. The van der Waals surface area contributed by atoms with Gasteiger partial charge in [0.1, 0.15) is 12.0 Å². The van der Waals surface area contributed by atoms with Gasteiger partial charge < -0.3 is 15.1 Å². The minimum absolute atomic E-state index is 0.00144. The molecule has 1 atom stereocenters. The average molecular weight is 393 g/mol. The second-order valence-electron chi connectivity index (χ2n) is 8.05. The molecule has 0 saturated carbocycles. The SMILES string of the molecule is CCc1cccc(CC)c1C(=O)NC1CCCN1c1cc(N2CCCC2)ccn1. The van der Waals surface area contributed by atoms with Gasteiger partial charge in [-0.1, -0.05) is 32.0 Å². The van der Waals surface area contributed by atoms with Crippen molar-refractivity contribution in [3.05, 3.63) is 53.2 Å². The maximum absolute atomic E-state index is 13.2. The fourth-order valence-electron chi connectivity index (χ4n) is 4.69. The number of nitrogens with zero attached hydrogens (tertiary/aromatic N) is 3. The molecule has 2 saturated heterocycles. The van der Waals surface area contributed by atoms with Gasteiger partial charge in [-0.25, -0.2) is 4.98 Å². The van der Waals surface area contributed by atoms with Crippen LogP contribution in [0.2, 0.25) is 0 Å². The molecular formula is C24H32N4O. The first kappa shape index (κ1) is 19.7. The lowest BCUT2D eigenvalue weighted by molar-refractivity contribution is 0.0936. The Morgan fingerprint density at radius 1 is 1.07 bits per heavy atom. The Kier molecular flexibility index (Phi) is 6.02. The van der Waals surface area contributed by atoms with Gasteiger partial charge in [0.15, 0.2) is 0 Å². The number of hydrogen-bond donors (Lipinski definition) is 1. The molecule has 2 aromatic rings. The van der Waals surface area contributed by atoms with Crippen LogP contribution in [-0.4, -0.2) is 36.7 Å². The Morgan fingerprint density at radius 3 is 2.48 bits per heavy atom. The molecule has 2 fully saturated rings. The molecule has 1 amide bonds. The lowest BCUT2D eigenvalue weighted by atomic mass is 9.97. The number of carbonyl (C=O) groups is 1. The van der Waals surface area contributed by atoms with E-state index in [4.69, 9.17) is 0 Å². The van der Waals surface area contributed by atoms with Gasteiger partial charge in [-0.2, -0.15) is 0 Å². The van der Waals surface area contributed by atoms with E-state index in [1.54, 1.807) is 0 Å². The van der Waals surface area contributed by atoms with E-state index in [1.807, 2.05) is 6.20 Å². The average Bonchev–Trinajstić information content (AvgIpc) is 3.45. The number of benzene rings is 1. The number of carbonyl (C=O) groups excluding carboxylic acids is 1. The summed E-state index contributed by atoms with van der Waals surface area (Å²) in [5.41, 5.74) is 4.36. The van der Waals surface area contributed by atoms with Gasteiger partial charge in [0.25, 0.3) is 5.91 Å². The van der Waals surface area contributed by atoms with E-state index < -0.39 is 0 Å². The van der Waals surface area contributed by atoms with Gasteiger partial charge in [0.05, 0.1) is 0 Å². The first-order chi connectivity index (χ1) is 14.2. The molecule has 29 heavy (non-hydrogen) atoms. The lowest BCUT2D eigenvalue weighted by Crippen LogP contribution is -2.45. The number of aromatic nitrogens is 1. The molecule has 5 heteroatoms. The topological polar surface area (TPSA) is 48.5 Å². The Bertz CT molecular complexity index is 837. The van der Waals surface area contributed by atoms with Crippen LogP contribution in [0.1, 0.15) is 61.0 Å². The van der Waals surface area contributed by atoms with Crippen LogP contribution in [0.25, 0.3) is 0 Å². The first-order valence-corrected chi connectivity index (χ1v) is 11.1. The van der Waals surface area contributed by atoms with Crippen LogP contribution >= 0.6 is 0 Å². The molecule has 1 aromatic carbocycles. The Labute approximate surface area is 174 Å². The van der Waals surface area contributed by atoms with Crippen molar-refractivity contribution < 1.29 is 4.79 Å².